The number of esters is 1. The van der Waals surface area contributed by atoms with Crippen LogP contribution in [0.1, 0.15) is 63.3 Å². The molecule has 4 atom stereocenters. The Hall–Kier alpha value is -3.30. The van der Waals surface area contributed by atoms with Gasteiger partial charge in [-0.2, -0.15) is 0 Å². The molecule has 2 aliphatic rings. The number of nitrogens with one attached hydrogen (secondary N) is 1. The van der Waals surface area contributed by atoms with Crippen molar-refractivity contribution in [3.8, 4) is 11.5 Å². The molecule has 1 saturated heterocycles. The molecule has 2 heterocycles. The lowest BCUT2D eigenvalue weighted by Gasteiger charge is -2.47. The molecule has 0 saturated carbocycles. The predicted molar refractivity (Wildman–Crippen MR) is 155 cm³/mol. The van der Waals surface area contributed by atoms with Crippen molar-refractivity contribution in [2.24, 2.45) is 11.8 Å². The van der Waals surface area contributed by atoms with Crippen LogP contribution in [0.2, 0.25) is 0 Å². The molecular weight excluding hydrogens is 524 g/mol. The van der Waals surface area contributed by atoms with Gasteiger partial charge in [0.1, 0.15) is 12.7 Å². The van der Waals surface area contributed by atoms with E-state index >= 15 is 0 Å². The largest absolute Gasteiger partial charge is 0.493 e. The van der Waals surface area contributed by atoms with Gasteiger partial charge >= 0.3 is 12.1 Å². The Balaban J connectivity index is 1.52. The Labute approximate surface area is 243 Å². The Morgan fingerprint density at radius 3 is 2.41 bits per heavy atom. The summed E-state index contributed by atoms with van der Waals surface area (Å²) in [6.45, 7) is 9.01. The number of fused-ring (bicyclic) bond motifs is 3. The average Bonchev–Trinajstić information content (AvgIpc) is 2.93. The zero-order chi connectivity index (χ0) is 29.7. The number of rotatable bonds is 10. The molecule has 0 aromatic heterocycles. The summed E-state index contributed by atoms with van der Waals surface area (Å²) in [6, 6.07) is 12.1. The highest BCUT2D eigenvalue weighted by Crippen LogP contribution is 2.44. The van der Waals surface area contributed by atoms with Gasteiger partial charge in [0.25, 0.3) is 0 Å². The lowest BCUT2D eigenvalue weighted by Crippen LogP contribution is -2.57. The minimum Gasteiger partial charge on any atom is -0.493 e. The van der Waals surface area contributed by atoms with E-state index in [0.29, 0.717) is 23.8 Å². The SMILES string of the molecule is COc1cc2c(cc1OC)[C@H]1C[C@@H](OC(=O)[C@@H](NC(=O)OCc3ccccc3)C(C)(C)O)[C@H](CC(C)C)CN1CC2. The number of amides is 1. The van der Waals surface area contributed by atoms with Crippen LogP contribution < -0.4 is 14.8 Å². The highest BCUT2D eigenvalue weighted by molar-refractivity contribution is 5.82. The maximum Gasteiger partial charge on any atom is 0.408 e. The Bertz CT molecular complexity index is 1190. The molecule has 2 N–H and O–H groups in total. The van der Waals surface area contributed by atoms with Crippen LogP contribution in [0.25, 0.3) is 0 Å². The first-order chi connectivity index (χ1) is 19.5. The molecule has 2 aromatic rings. The summed E-state index contributed by atoms with van der Waals surface area (Å²) in [4.78, 5) is 28.7. The van der Waals surface area contributed by atoms with Crippen molar-refractivity contribution < 1.29 is 33.6 Å². The fraction of sp³-hybridized carbons (Fsp3) is 0.562. The first-order valence-electron chi connectivity index (χ1n) is 14.4. The van der Waals surface area contributed by atoms with Crippen molar-refractivity contribution in [2.75, 3.05) is 27.3 Å². The van der Waals surface area contributed by atoms with Crippen molar-refractivity contribution in [3.05, 3.63) is 59.2 Å². The predicted octanol–water partition coefficient (Wildman–Crippen LogP) is 4.65. The van der Waals surface area contributed by atoms with Crippen LogP contribution >= 0.6 is 0 Å². The van der Waals surface area contributed by atoms with Gasteiger partial charge in [-0.1, -0.05) is 44.2 Å². The summed E-state index contributed by atoms with van der Waals surface area (Å²) < 4.78 is 22.6. The van der Waals surface area contributed by atoms with Crippen LogP contribution in [0.15, 0.2) is 42.5 Å². The summed E-state index contributed by atoms with van der Waals surface area (Å²) in [7, 11) is 3.26. The van der Waals surface area contributed by atoms with Crippen molar-refractivity contribution in [1.82, 2.24) is 10.2 Å². The van der Waals surface area contributed by atoms with E-state index in [1.165, 1.54) is 19.4 Å². The second-order valence-electron chi connectivity index (χ2n) is 12.1. The number of piperidine rings is 1. The first kappa shape index (κ1) is 30.7. The first-order valence-corrected chi connectivity index (χ1v) is 14.4. The van der Waals surface area contributed by atoms with Gasteiger partial charge in [-0.25, -0.2) is 9.59 Å². The molecule has 2 aliphatic heterocycles. The minimum absolute atomic E-state index is 0.0455. The molecule has 9 nitrogen and oxygen atoms in total. The Morgan fingerprint density at radius 2 is 1.78 bits per heavy atom. The normalized spacial score (nSPS) is 21.3. The summed E-state index contributed by atoms with van der Waals surface area (Å²) in [5.74, 6) is 1.23. The fourth-order valence-electron chi connectivity index (χ4n) is 6.01. The average molecular weight is 569 g/mol. The molecule has 9 heteroatoms. The van der Waals surface area contributed by atoms with Crippen LogP contribution in [-0.4, -0.2) is 67.1 Å². The quantitative estimate of drug-likeness (QED) is 0.399. The maximum atomic E-state index is 13.6. The lowest BCUT2D eigenvalue weighted by atomic mass is 9.79. The monoisotopic (exact) mass is 568 g/mol. The van der Waals surface area contributed by atoms with E-state index in [0.717, 1.165) is 37.1 Å². The third-order valence-corrected chi connectivity index (χ3v) is 8.02. The summed E-state index contributed by atoms with van der Waals surface area (Å²) >= 11 is 0. The third-order valence-electron chi connectivity index (χ3n) is 8.02. The molecule has 0 unspecified atom stereocenters. The van der Waals surface area contributed by atoms with Gasteiger partial charge in [0, 0.05) is 31.5 Å². The number of aliphatic hydroxyl groups is 1. The molecular formula is C32H44N2O7. The number of hydrogen-bond acceptors (Lipinski definition) is 8. The molecule has 0 spiro atoms. The van der Waals surface area contributed by atoms with Gasteiger partial charge in [0.05, 0.1) is 19.8 Å². The van der Waals surface area contributed by atoms with Crippen LogP contribution in [0, 0.1) is 11.8 Å². The van der Waals surface area contributed by atoms with E-state index in [9.17, 15) is 14.7 Å². The number of methoxy groups -OCH3 is 2. The van der Waals surface area contributed by atoms with Gasteiger partial charge in [0.2, 0.25) is 0 Å². The van der Waals surface area contributed by atoms with Gasteiger partial charge < -0.3 is 29.4 Å². The number of carbonyl (C=O) groups is 2. The van der Waals surface area contributed by atoms with Crippen LogP contribution in [-0.2, 0) is 27.3 Å². The molecule has 0 aliphatic carbocycles. The molecule has 0 bridgehead atoms. The lowest BCUT2D eigenvalue weighted by molar-refractivity contribution is -0.166. The highest BCUT2D eigenvalue weighted by atomic mass is 16.6. The zero-order valence-corrected chi connectivity index (χ0v) is 25.0. The summed E-state index contributed by atoms with van der Waals surface area (Å²) in [6.07, 6.45) is 1.20. The van der Waals surface area contributed by atoms with Crippen LogP contribution in [0.3, 0.4) is 0 Å². The minimum atomic E-state index is -1.57. The zero-order valence-electron chi connectivity index (χ0n) is 25.0. The van der Waals surface area contributed by atoms with Crippen LogP contribution in [0.4, 0.5) is 4.79 Å². The highest BCUT2D eigenvalue weighted by Gasteiger charge is 2.44. The number of ether oxygens (including phenoxy) is 4. The van der Waals surface area contributed by atoms with Crippen LogP contribution in [0.5, 0.6) is 11.5 Å². The molecule has 1 amide bonds. The molecule has 2 aromatic carbocycles. The standard InChI is InChI=1S/C32H44N2O7/c1-20(2)14-23-18-34-13-12-22-15-27(38-5)28(39-6)16-24(22)25(34)17-26(23)41-30(35)29(32(3,4)37)33-31(36)40-19-21-10-8-7-9-11-21/h7-11,15-16,20,23,25-26,29,37H,12-14,17-19H2,1-6H3,(H,33,36)/t23-,25-,26-,29-/m1/s1. The number of hydrogen-bond donors (Lipinski definition) is 2. The van der Waals surface area contributed by atoms with Crippen molar-refractivity contribution in [2.45, 2.75) is 77.4 Å². The molecule has 224 valence electrons. The second-order valence-corrected chi connectivity index (χ2v) is 12.1. The fourth-order valence-corrected chi connectivity index (χ4v) is 6.01. The van der Waals surface area contributed by atoms with Crippen molar-refractivity contribution in [3.63, 3.8) is 0 Å². The van der Waals surface area contributed by atoms with Crippen molar-refractivity contribution >= 4 is 12.1 Å². The smallest absolute Gasteiger partial charge is 0.408 e. The van der Waals surface area contributed by atoms with E-state index in [-0.39, 0.29) is 18.6 Å². The second kappa shape index (κ2) is 13.1. The van der Waals surface area contributed by atoms with Gasteiger partial charge in [-0.15, -0.1) is 0 Å². The number of alkyl carbamates (subject to hydrolysis) is 1. The Kier molecular flexibility index (Phi) is 9.81. The van der Waals surface area contributed by atoms with E-state index in [2.05, 4.69) is 24.1 Å². The van der Waals surface area contributed by atoms with E-state index in [1.54, 1.807) is 14.2 Å². The Morgan fingerprint density at radius 1 is 1.10 bits per heavy atom. The summed E-state index contributed by atoms with van der Waals surface area (Å²) in [5.41, 5.74) is 1.60. The number of benzene rings is 2. The topological polar surface area (TPSA) is 107 Å². The molecule has 0 radical (unpaired) electrons. The number of nitrogens with zero attached hydrogens (tertiary/aromatic N) is 1. The van der Waals surface area contributed by atoms with Gasteiger partial charge in [-0.05, 0) is 61.4 Å². The van der Waals surface area contributed by atoms with E-state index in [1.807, 2.05) is 42.5 Å². The van der Waals surface area contributed by atoms with Gasteiger partial charge in [-0.3, -0.25) is 4.90 Å². The summed E-state index contributed by atoms with van der Waals surface area (Å²) in [5, 5.41) is 13.4. The van der Waals surface area contributed by atoms with E-state index < -0.39 is 29.8 Å². The number of carbonyl (C=O) groups excluding carboxylic acids is 2. The van der Waals surface area contributed by atoms with Gasteiger partial charge in [0.15, 0.2) is 17.5 Å². The van der Waals surface area contributed by atoms with Crippen molar-refractivity contribution in [1.29, 1.82) is 0 Å². The molecule has 41 heavy (non-hydrogen) atoms. The third kappa shape index (κ3) is 7.51. The maximum absolute atomic E-state index is 13.6. The molecule has 4 rings (SSSR count). The molecule has 1 fully saturated rings. The van der Waals surface area contributed by atoms with E-state index in [4.69, 9.17) is 18.9 Å².